The average Bonchev–Trinajstić information content (AvgIpc) is 1.35. The Morgan fingerprint density at radius 3 is 2.29 bits per heavy atom. The predicted octanol–water partition coefficient (Wildman–Crippen LogP) is -3.43. The molecule has 34 valence electrons. The Bertz CT molecular complexity index is 76.1. The van der Waals surface area contributed by atoms with Crippen molar-refractivity contribution < 1.29 is 56.2 Å². The molecule has 0 aromatic rings. The summed E-state index contributed by atoms with van der Waals surface area (Å²) in [6.07, 6.45) is 0.454. The Morgan fingerprint density at radius 2 is 2.29 bits per heavy atom. The van der Waals surface area contributed by atoms with Gasteiger partial charge in [-0.15, -0.1) is 0 Å². The quantitative estimate of drug-likeness (QED) is 0.187. The van der Waals surface area contributed by atoms with Gasteiger partial charge in [-0.25, -0.2) is 0 Å². The summed E-state index contributed by atoms with van der Waals surface area (Å²) in [5.74, 6) is 0. The summed E-state index contributed by atoms with van der Waals surface area (Å²) in [4.78, 5) is 9.35. The van der Waals surface area contributed by atoms with Crippen LogP contribution < -0.4 is 56.7 Å². The summed E-state index contributed by atoms with van der Waals surface area (Å²) in [6, 6.07) is 0. The maximum absolute atomic E-state index is 9.35. The van der Waals surface area contributed by atoms with E-state index >= 15 is 0 Å². The third-order valence-electron chi connectivity index (χ3n) is 0.177. The first-order valence-corrected chi connectivity index (χ1v) is 2.00. The standard InChI is InChI=1S/C2H3NOS2.K/c4-1-3-2(5)6;/h1H,(H2,3,4,5,6);/q;+1/p-1. The fourth-order valence-electron chi connectivity index (χ4n) is 0.0481. The smallest absolute Gasteiger partial charge is 0.411 e. The molecule has 0 aliphatic heterocycles. The van der Waals surface area contributed by atoms with Crippen LogP contribution in [0.2, 0.25) is 0 Å². The zero-order valence-corrected chi connectivity index (χ0v) is 8.56. The molecule has 1 N–H and O–H groups in total. The maximum atomic E-state index is 9.35. The summed E-state index contributed by atoms with van der Waals surface area (Å²) in [5, 5.41) is 2.07. The molecule has 0 aliphatic carbocycles. The topological polar surface area (TPSA) is 29.1 Å². The fourth-order valence-corrected chi connectivity index (χ4v) is 0.144. The monoisotopic (exact) mass is 159 g/mol. The molecule has 0 heterocycles. The van der Waals surface area contributed by atoms with Gasteiger partial charge in [0.05, 0.1) is 0 Å². The van der Waals surface area contributed by atoms with Gasteiger partial charge in [0.2, 0.25) is 6.41 Å². The maximum Gasteiger partial charge on any atom is 1.00 e. The van der Waals surface area contributed by atoms with Gasteiger partial charge < -0.3 is 30.2 Å². The average molecular weight is 159 g/mol. The fraction of sp³-hybridized carbons (Fsp3) is 0. The minimum Gasteiger partial charge on any atom is -0.411 e. The van der Waals surface area contributed by atoms with E-state index in [0.717, 1.165) is 0 Å². The first-order chi connectivity index (χ1) is 2.77. The van der Waals surface area contributed by atoms with Crippen LogP contribution in [-0.4, -0.2) is 10.7 Å². The molecule has 0 rings (SSSR count). The molecule has 0 bridgehead atoms. The summed E-state index contributed by atoms with van der Waals surface area (Å²) in [6.45, 7) is 0. The van der Waals surface area contributed by atoms with Crippen LogP contribution in [0.3, 0.4) is 0 Å². The minimum absolute atomic E-state index is 0. The second-order valence-corrected chi connectivity index (χ2v) is 1.62. The molecule has 2 nitrogen and oxygen atoms in total. The number of hydrogen-bond donors (Lipinski definition) is 1. The van der Waals surface area contributed by atoms with Crippen molar-refractivity contribution in [1.82, 2.24) is 5.32 Å². The molecular formula is C2H2KNOS2. The van der Waals surface area contributed by atoms with E-state index in [1.807, 2.05) is 0 Å². The number of carbonyl (C=O) groups is 1. The largest absolute Gasteiger partial charge is 1.00 e. The van der Waals surface area contributed by atoms with E-state index in [1.165, 1.54) is 0 Å². The number of amides is 1. The van der Waals surface area contributed by atoms with Crippen LogP contribution in [0.4, 0.5) is 0 Å². The zero-order chi connectivity index (χ0) is 4.99. The second kappa shape index (κ2) is 7.42. The number of rotatable bonds is 1. The molecule has 0 spiro atoms. The molecule has 1 amide bonds. The van der Waals surface area contributed by atoms with E-state index < -0.39 is 0 Å². The SMILES string of the molecule is O=CNC(=S)[S-].[K+]. The van der Waals surface area contributed by atoms with Crippen LogP contribution in [-0.2, 0) is 17.4 Å². The van der Waals surface area contributed by atoms with E-state index in [2.05, 4.69) is 30.2 Å². The molecule has 0 aromatic carbocycles. The Kier molecular flexibility index (Phi) is 11.9. The van der Waals surface area contributed by atoms with Crippen LogP contribution in [0.5, 0.6) is 0 Å². The van der Waals surface area contributed by atoms with Crippen molar-refractivity contribution in [3.05, 3.63) is 0 Å². The predicted molar refractivity (Wildman–Crippen MR) is 29.2 cm³/mol. The second-order valence-electron chi connectivity index (χ2n) is 0.550. The van der Waals surface area contributed by atoms with Gasteiger partial charge in [-0.2, -0.15) is 0 Å². The number of nitrogens with one attached hydrogen (secondary N) is 1. The molecule has 0 atom stereocenters. The normalized spacial score (nSPS) is 5.71. The Labute approximate surface area is 95.3 Å². The van der Waals surface area contributed by atoms with Crippen molar-refractivity contribution >= 4 is 35.6 Å². The van der Waals surface area contributed by atoms with Crippen LogP contribution in [0.15, 0.2) is 0 Å². The molecule has 0 unspecified atom stereocenters. The summed E-state index contributed by atoms with van der Waals surface area (Å²) >= 11 is 8.53. The van der Waals surface area contributed by atoms with Gasteiger partial charge in [-0.1, -0.05) is 4.32 Å². The van der Waals surface area contributed by atoms with Crippen molar-refractivity contribution in [1.29, 1.82) is 0 Å². The third kappa shape index (κ3) is 11.2. The minimum atomic E-state index is 0. The van der Waals surface area contributed by atoms with E-state index in [4.69, 9.17) is 0 Å². The Morgan fingerprint density at radius 1 is 1.86 bits per heavy atom. The van der Waals surface area contributed by atoms with Crippen LogP contribution in [0.1, 0.15) is 0 Å². The first-order valence-electron chi connectivity index (χ1n) is 1.18. The van der Waals surface area contributed by atoms with Gasteiger partial charge in [-0.05, 0) is 0 Å². The number of hydrogen-bond acceptors (Lipinski definition) is 3. The summed E-state index contributed by atoms with van der Waals surface area (Å²) in [5.41, 5.74) is 0. The van der Waals surface area contributed by atoms with Crippen molar-refractivity contribution in [3.8, 4) is 0 Å². The molecule has 0 saturated heterocycles. The van der Waals surface area contributed by atoms with Crippen molar-refractivity contribution in [3.63, 3.8) is 0 Å². The van der Waals surface area contributed by atoms with Crippen LogP contribution >= 0.6 is 12.2 Å². The van der Waals surface area contributed by atoms with Gasteiger partial charge in [0.15, 0.2) is 0 Å². The van der Waals surface area contributed by atoms with Crippen molar-refractivity contribution in [2.75, 3.05) is 0 Å². The molecule has 5 heteroatoms. The molecule has 0 radical (unpaired) electrons. The third-order valence-corrected chi connectivity index (χ3v) is 0.412. The summed E-state index contributed by atoms with van der Waals surface area (Å²) < 4.78 is 0.0880. The molecular weight excluding hydrogens is 157 g/mol. The van der Waals surface area contributed by atoms with Crippen LogP contribution in [0, 0.1) is 0 Å². The van der Waals surface area contributed by atoms with Gasteiger partial charge in [0.25, 0.3) is 0 Å². The van der Waals surface area contributed by atoms with Crippen molar-refractivity contribution in [2.24, 2.45) is 0 Å². The summed E-state index contributed by atoms with van der Waals surface area (Å²) in [7, 11) is 0. The Hall–Kier alpha value is 1.42. The molecule has 0 fully saturated rings. The van der Waals surface area contributed by atoms with Crippen molar-refractivity contribution in [2.45, 2.75) is 0 Å². The number of carbonyl (C=O) groups excluding carboxylic acids is 1. The zero-order valence-electron chi connectivity index (χ0n) is 3.80. The van der Waals surface area contributed by atoms with Gasteiger partial charge in [-0.3, -0.25) is 4.79 Å². The molecule has 0 aromatic heterocycles. The van der Waals surface area contributed by atoms with E-state index in [1.54, 1.807) is 0 Å². The first kappa shape index (κ1) is 11.2. The molecule has 7 heavy (non-hydrogen) atoms. The van der Waals surface area contributed by atoms with Crippen LogP contribution in [0.25, 0.3) is 0 Å². The van der Waals surface area contributed by atoms with E-state index in [0.29, 0.717) is 6.41 Å². The van der Waals surface area contributed by atoms with Gasteiger partial charge in [0, 0.05) is 0 Å². The van der Waals surface area contributed by atoms with E-state index in [-0.39, 0.29) is 55.7 Å². The Balaban J connectivity index is 0. The van der Waals surface area contributed by atoms with Gasteiger partial charge >= 0.3 is 51.4 Å². The van der Waals surface area contributed by atoms with E-state index in [9.17, 15) is 4.79 Å². The van der Waals surface area contributed by atoms with Gasteiger partial charge in [0.1, 0.15) is 0 Å². The molecule has 0 saturated carbocycles. The number of thiocarbonyl (C=S) groups is 1. The molecule has 0 aliphatic rings.